The van der Waals surface area contributed by atoms with Gasteiger partial charge in [-0.15, -0.1) is 0 Å². The number of rotatable bonds is 5. The Bertz CT molecular complexity index is 340. The zero-order chi connectivity index (χ0) is 12.2. The predicted octanol–water partition coefficient (Wildman–Crippen LogP) is -0.217. The quantitative estimate of drug-likeness (QED) is 0.642. The first-order valence-corrected chi connectivity index (χ1v) is 5.08. The smallest absolute Gasteiger partial charge is 0.221 e. The zero-order valence-corrected chi connectivity index (χ0v) is 9.94. The number of aliphatic hydroxyl groups is 1. The summed E-state index contributed by atoms with van der Waals surface area (Å²) in [4.78, 5) is 9.70. The van der Waals surface area contributed by atoms with E-state index >= 15 is 0 Å². The van der Waals surface area contributed by atoms with E-state index in [1.807, 2.05) is 19.0 Å². The molecule has 4 N–H and O–H groups in total. The molecule has 16 heavy (non-hydrogen) atoms. The Morgan fingerprint density at radius 3 is 2.81 bits per heavy atom. The summed E-state index contributed by atoms with van der Waals surface area (Å²) < 4.78 is 0. The summed E-state index contributed by atoms with van der Waals surface area (Å²) in [6.07, 6.45) is 1.57. The molecule has 0 spiro atoms. The molecule has 1 unspecified atom stereocenters. The number of nitrogens with zero attached hydrogens (tertiary/aromatic N) is 3. The molecule has 90 valence electrons. The van der Waals surface area contributed by atoms with Crippen LogP contribution in [-0.4, -0.2) is 52.8 Å². The maximum atomic E-state index is 10.0. The molecule has 0 amide bonds. The van der Waals surface area contributed by atoms with Crippen LogP contribution in [0.15, 0.2) is 12.3 Å². The van der Waals surface area contributed by atoms with E-state index in [2.05, 4.69) is 15.3 Å². The van der Waals surface area contributed by atoms with Gasteiger partial charge in [-0.25, -0.2) is 4.98 Å². The normalized spacial score (nSPS) is 14.8. The summed E-state index contributed by atoms with van der Waals surface area (Å²) in [5, 5.41) is 13.1. The predicted molar refractivity (Wildman–Crippen MR) is 64.1 cm³/mol. The summed E-state index contributed by atoms with van der Waals surface area (Å²) in [5.41, 5.74) is 4.63. The Balaban J connectivity index is 2.50. The number of likely N-dealkylation sites (N-methyl/N-ethyl adjacent to an activating group) is 1. The summed E-state index contributed by atoms with van der Waals surface area (Å²) >= 11 is 0. The topological polar surface area (TPSA) is 87.3 Å². The van der Waals surface area contributed by atoms with Crippen molar-refractivity contribution in [3.63, 3.8) is 0 Å². The average Bonchev–Trinajstić information content (AvgIpc) is 2.13. The van der Waals surface area contributed by atoms with E-state index in [1.54, 1.807) is 19.2 Å². The number of aromatic nitrogens is 2. The lowest BCUT2D eigenvalue weighted by Gasteiger charge is -2.27. The van der Waals surface area contributed by atoms with Crippen LogP contribution in [0.2, 0.25) is 0 Å². The fourth-order valence-electron chi connectivity index (χ4n) is 1.49. The van der Waals surface area contributed by atoms with Crippen LogP contribution >= 0.6 is 0 Å². The van der Waals surface area contributed by atoms with Gasteiger partial charge < -0.3 is 21.1 Å². The molecule has 0 aliphatic rings. The lowest BCUT2D eigenvalue weighted by atomic mass is 10.1. The van der Waals surface area contributed by atoms with Gasteiger partial charge >= 0.3 is 0 Å². The van der Waals surface area contributed by atoms with Crippen LogP contribution < -0.4 is 11.1 Å². The molecule has 6 nitrogen and oxygen atoms in total. The zero-order valence-electron chi connectivity index (χ0n) is 9.94. The standard InChI is InChI=1S/C10H19N5O/c1-10(16,7-15(2)3)6-13-8-4-5-12-9(11)14-8/h4-5,16H,6-7H2,1-3H3,(H3,11,12,13,14). The monoisotopic (exact) mass is 225 g/mol. The molecule has 6 heteroatoms. The van der Waals surface area contributed by atoms with Crippen molar-refractivity contribution in [2.45, 2.75) is 12.5 Å². The molecular weight excluding hydrogens is 206 g/mol. The second-order valence-corrected chi connectivity index (χ2v) is 4.39. The molecule has 1 heterocycles. The largest absolute Gasteiger partial charge is 0.387 e. The Hall–Kier alpha value is -1.40. The number of nitrogen functional groups attached to an aromatic ring is 1. The summed E-state index contributed by atoms with van der Waals surface area (Å²) in [5.74, 6) is 0.837. The maximum Gasteiger partial charge on any atom is 0.221 e. The van der Waals surface area contributed by atoms with Crippen LogP contribution in [0, 0.1) is 0 Å². The summed E-state index contributed by atoms with van der Waals surface area (Å²) in [6.45, 7) is 2.74. The van der Waals surface area contributed by atoms with Gasteiger partial charge in [-0.2, -0.15) is 4.98 Å². The van der Waals surface area contributed by atoms with Crippen molar-refractivity contribution < 1.29 is 5.11 Å². The third-order valence-electron chi connectivity index (χ3n) is 1.98. The molecule has 1 atom stereocenters. The molecule has 1 aromatic heterocycles. The number of nitrogens with two attached hydrogens (primary N) is 1. The molecule has 0 bridgehead atoms. The Labute approximate surface area is 95.5 Å². The van der Waals surface area contributed by atoms with Crippen molar-refractivity contribution in [2.75, 3.05) is 38.2 Å². The van der Waals surface area contributed by atoms with Crippen molar-refractivity contribution in [1.29, 1.82) is 0 Å². The Morgan fingerprint density at radius 1 is 1.56 bits per heavy atom. The van der Waals surface area contributed by atoms with Crippen LogP contribution in [0.25, 0.3) is 0 Å². The van der Waals surface area contributed by atoms with Gasteiger partial charge in [0.25, 0.3) is 0 Å². The first kappa shape index (κ1) is 12.7. The second-order valence-electron chi connectivity index (χ2n) is 4.39. The van der Waals surface area contributed by atoms with Crippen LogP contribution in [0.5, 0.6) is 0 Å². The van der Waals surface area contributed by atoms with E-state index in [0.29, 0.717) is 18.9 Å². The molecule has 0 aliphatic heterocycles. The highest BCUT2D eigenvalue weighted by molar-refractivity contribution is 5.37. The van der Waals surface area contributed by atoms with Crippen LogP contribution in [0.3, 0.4) is 0 Å². The summed E-state index contributed by atoms with van der Waals surface area (Å²) in [7, 11) is 3.83. The number of anilines is 2. The third kappa shape index (κ3) is 4.41. The van der Waals surface area contributed by atoms with Gasteiger partial charge in [0.2, 0.25) is 5.95 Å². The number of nitrogens with one attached hydrogen (secondary N) is 1. The summed E-state index contributed by atoms with van der Waals surface area (Å²) in [6, 6.07) is 1.71. The molecule has 1 rings (SSSR count). The minimum atomic E-state index is -0.816. The maximum absolute atomic E-state index is 10.0. The van der Waals surface area contributed by atoms with E-state index in [1.165, 1.54) is 0 Å². The van der Waals surface area contributed by atoms with Crippen molar-refractivity contribution in [2.24, 2.45) is 0 Å². The van der Waals surface area contributed by atoms with E-state index in [9.17, 15) is 5.11 Å². The van der Waals surface area contributed by atoms with Crippen molar-refractivity contribution >= 4 is 11.8 Å². The van der Waals surface area contributed by atoms with E-state index < -0.39 is 5.60 Å². The molecule has 0 aromatic carbocycles. The highest BCUT2D eigenvalue weighted by Crippen LogP contribution is 2.08. The molecule has 0 aliphatic carbocycles. The van der Waals surface area contributed by atoms with Crippen molar-refractivity contribution in [3.8, 4) is 0 Å². The van der Waals surface area contributed by atoms with E-state index in [0.717, 1.165) is 0 Å². The second kappa shape index (κ2) is 5.09. The molecule has 0 fully saturated rings. The van der Waals surface area contributed by atoms with Gasteiger partial charge in [0, 0.05) is 19.3 Å². The molecule has 0 radical (unpaired) electrons. The first-order valence-electron chi connectivity index (χ1n) is 5.08. The fraction of sp³-hybridized carbons (Fsp3) is 0.600. The molecule has 0 saturated heterocycles. The van der Waals surface area contributed by atoms with Gasteiger partial charge in [0.1, 0.15) is 5.82 Å². The Morgan fingerprint density at radius 2 is 2.25 bits per heavy atom. The van der Waals surface area contributed by atoms with E-state index in [-0.39, 0.29) is 5.95 Å². The van der Waals surface area contributed by atoms with Gasteiger partial charge in [0.15, 0.2) is 0 Å². The van der Waals surface area contributed by atoms with Crippen LogP contribution in [-0.2, 0) is 0 Å². The highest BCUT2D eigenvalue weighted by atomic mass is 16.3. The molecular formula is C10H19N5O. The minimum Gasteiger partial charge on any atom is -0.387 e. The highest BCUT2D eigenvalue weighted by Gasteiger charge is 2.20. The van der Waals surface area contributed by atoms with Gasteiger partial charge in [-0.3, -0.25) is 0 Å². The van der Waals surface area contributed by atoms with E-state index in [4.69, 9.17) is 5.73 Å². The van der Waals surface area contributed by atoms with Gasteiger partial charge in [0.05, 0.1) is 5.60 Å². The lowest BCUT2D eigenvalue weighted by molar-refractivity contribution is 0.0459. The van der Waals surface area contributed by atoms with Crippen molar-refractivity contribution in [3.05, 3.63) is 12.3 Å². The molecule has 0 saturated carbocycles. The fourth-order valence-corrected chi connectivity index (χ4v) is 1.49. The number of hydrogen-bond donors (Lipinski definition) is 3. The minimum absolute atomic E-state index is 0.220. The van der Waals surface area contributed by atoms with Crippen LogP contribution in [0.4, 0.5) is 11.8 Å². The van der Waals surface area contributed by atoms with Gasteiger partial charge in [-0.1, -0.05) is 0 Å². The number of hydrogen-bond acceptors (Lipinski definition) is 6. The Kier molecular flexibility index (Phi) is 4.03. The van der Waals surface area contributed by atoms with Gasteiger partial charge in [-0.05, 0) is 27.1 Å². The molecule has 1 aromatic rings. The lowest BCUT2D eigenvalue weighted by Crippen LogP contribution is -2.43. The van der Waals surface area contributed by atoms with Crippen molar-refractivity contribution in [1.82, 2.24) is 14.9 Å². The van der Waals surface area contributed by atoms with Crippen LogP contribution in [0.1, 0.15) is 6.92 Å². The SMILES string of the molecule is CN(C)CC(C)(O)CNc1ccnc(N)n1. The third-order valence-corrected chi connectivity index (χ3v) is 1.98. The average molecular weight is 225 g/mol. The first-order chi connectivity index (χ1) is 7.39.